The molecule has 20 heavy (non-hydrogen) atoms. The number of hydrogen-bond acceptors (Lipinski definition) is 3. The Morgan fingerprint density at radius 3 is 2.50 bits per heavy atom. The molecular weight excluding hydrogens is 258 g/mol. The Balaban J connectivity index is 2.77. The number of ether oxygens (including phenoxy) is 1. The van der Waals surface area contributed by atoms with E-state index in [9.17, 15) is 9.59 Å². The van der Waals surface area contributed by atoms with Crippen LogP contribution in [0.5, 0.6) is 5.75 Å². The standard InChI is InChI=1S/C15H19NO4/c1-3-9-16(11-14(17)18)15(19)12-5-7-13(8-6-12)20-10-4-2/h4-8H,2-3,9-11H2,1H3,(H,17,18). The number of amides is 1. The molecule has 0 aliphatic carbocycles. The molecule has 0 fully saturated rings. The van der Waals surface area contributed by atoms with Gasteiger partial charge in [-0.25, -0.2) is 0 Å². The van der Waals surface area contributed by atoms with Crippen LogP contribution in [0.1, 0.15) is 23.7 Å². The predicted octanol–water partition coefficient (Wildman–Crippen LogP) is 2.19. The van der Waals surface area contributed by atoms with Crippen molar-refractivity contribution in [3.05, 3.63) is 42.5 Å². The summed E-state index contributed by atoms with van der Waals surface area (Å²) in [5, 5.41) is 8.82. The molecule has 0 aliphatic rings. The molecule has 0 heterocycles. The summed E-state index contributed by atoms with van der Waals surface area (Å²) >= 11 is 0. The number of carboxylic acids is 1. The van der Waals surface area contributed by atoms with Crippen LogP contribution in [0.4, 0.5) is 0 Å². The Morgan fingerprint density at radius 1 is 1.35 bits per heavy atom. The van der Waals surface area contributed by atoms with E-state index in [1.807, 2.05) is 6.92 Å². The van der Waals surface area contributed by atoms with Gasteiger partial charge in [-0.3, -0.25) is 9.59 Å². The van der Waals surface area contributed by atoms with Gasteiger partial charge in [0.05, 0.1) is 0 Å². The zero-order chi connectivity index (χ0) is 15.0. The Morgan fingerprint density at radius 2 is 2.00 bits per heavy atom. The summed E-state index contributed by atoms with van der Waals surface area (Å²) in [6.45, 7) is 5.97. The maximum Gasteiger partial charge on any atom is 0.323 e. The van der Waals surface area contributed by atoms with Crippen LogP contribution < -0.4 is 4.74 Å². The van der Waals surface area contributed by atoms with Crippen LogP contribution in [-0.4, -0.2) is 41.6 Å². The number of aliphatic carboxylic acids is 1. The zero-order valence-corrected chi connectivity index (χ0v) is 11.5. The zero-order valence-electron chi connectivity index (χ0n) is 11.5. The maximum atomic E-state index is 12.2. The molecule has 0 aliphatic heterocycles. The van der Waals surface area contributed by atoms with Crippen LogP contribution >= 0.6 is 0 Å². The first-order valence-electron chi connectivity index (χ1n) is 6.43. The van der Waals surface area contributed by atoms with Crippen LogP contribution in [0, 0.1) is 0 Å². The summed E-state index contributed by atoms with van der Waals surface area (Å²) in [5.74, 6) is -0.663. The van der Waals surface area contributed by atoms with Crippen molar-refractivity contribution < 1.29 is 19.4 Å². The molecule has 1 aromatic rings. The normalized spacial score (nSPS) is 9.85. The molecule has 1 amide bonds. The lowest BCUT2D eigenvalue weighted by Crippen LogP contribution is -2.36. The summed E-state index contributed by atoms with van der Waals surface area (Å²) in [5.41, 5.74) is 0.450. The first-order valence-corrected chi connectivity index (χ1v) is 6.43. The molecule has 0 atom stereocenters. The molecule has 1 N–H and O–H groups in total. The van der Waals surface area contributed by atoms with Crippen LogP contribution in [0.2, 0.25) is 0 Å². The largest absolute Gasteiger partial charge is 0.490 e. The van der Waals surface area contributed by atoms with Gasteiger partial charge in [-0.2, -0.15) is 0 Å². The molecule has 0 aromatic heterocycles. The Labute approximate surface area is 118 Å². The molecule has 1 aromatic carbocycles. The highest BCUT2D eigenvalue weighted by Crippen LogP contribution is 2.14. The fourth-order valence-corrected chi connectivity index (χ4v) is 1.72. The molecule has 0 saturated heterocycles. The summed E-state index contributed by atoms with van der Waals surface area (Å²) in [6, 6.07) is 6.62. The first kappa shape index (κ1) is 15.8. The highest BCUT2D eigenvalue weighted by molar-refractivity contribution is 5.95. The lowest BCUT2D eigenvalue weighted by atomic mass is 10.2. The lowest BCUT2D eigenvalue weighted by Gasteiger charge is -2.20. The van der Waals surface area contributed by atoms with E-state index in [1.54, 1.807) is 30.3 Å². The number of nitrogens with zero attached hydrogens (tertiary/aromatic N) is 1. The quantitative estimate of drug-likeness (QED) is 0.740. The third kappa shape index (κ3) is 4.76. The van der Waals surface area contributed by atoms with E-state index in [1.165, 1.54) is 4.90 Å². The van der Waals surface area contributed by atoms with Gasteiger partial charge >= 0.3 is 5.97 Å². The average Bonchev–Trinajstić information content (AvgIpc) is 2.44. The van der Waals surface area contributed by atoms with E-state index in [-0.39, 0.29) is 12.5 Å². The fraction of sp³-hybridized carbons (Fsp3) is 0.333. The van der Waals surface area contributed by atoms with Gasteiger partial charge in [-0.1, -0.05) is 19.6 Å². The smallest absolute Gasteiger partial charge is 0.323 e. The minimum atomic E-state index is -1.02. The number of carbonyl (C=O) groups is 2. The Bertz CT molecular complexity index is 467. The molecule has 0 spiro atoms. The second kappa shape index (κ2) is 7.99. The SMILES string of the molecule is C=CCOc1ccc(C(=O)N(CCC)CC(=O)O)cc1. The third-order valence-electron chi connectivity index (χ3n) is 2.58. The van der Waals surface area contributed by atoms with E-state index in [0.717, 1.165) is 0 Å². The Hall–Kier alpha value is -2.30. The second-order valence-corrected chi connectivity index (χ2v) is 4.24. The third-order valence-corrected chi connectivity index (χ3v) is 2.58. The fourth-order valence-electron chi connectivity index (χ4n) is 1.72. The van der Waals surface area contributed by atoms with Gasteiger partial charge in [0.2, 0.25) is 0 Å². The molecule has 108 valence electrons. The highest BCUT2D eigenvalue weighted by Gasteiger charge is 2.17. The van der Waals surface area contributed by atoms with Crippen LogP contribution in [0.3, 0.4) is 0 Å². The molecule has 0 radical (unpaired) electrons. The summed E-state index contributed by atoms with van der Waals surface area (Å²) < 4.78 is 5.33. The molecule has 5 heteroatoms. The average molecular weight is 277 g/mol. The van der Waals surface area contributed by atoms with E-state index < -0.39 is 5.97 Å². The molecular formula is C15H19NO4. The minimum Gasteiger partial charge on any atom is -0.490 e. The maximum absolute atomic E-state index is 12.2. The summed E-state index contributed by atoms with van der Waals surface area (Å²) in [6.07, 6.45) is 2.34. The van der Waals surface area contributed by atoms with Gasteiger partial charge in [0, 0.05) is 12.1 Å². The summed E-state index contributed by atoms with van der Waals surface area (Å²) in [4.78, 5) is 24.3. The van der Waals surface area contributed by atoms with Gasteiger partial charge in [-0.05, 0) is 30.7 Å². The number of carbonyl (C=O) groups excluding carboxylic acids is 1. The molecule has 0 unspecified atom stereocenters. The van der Waals surface area contributed by atoms with Crippen molar-refractivity contribution in [2.45, 2.75) is 13.3 Å². The van der Waals surface area contributed by atoms with Gasteiger partial charge in [0.1, 0.15) is 18.9 Å². The lowest BCUT2D eigenvalue weighted by molar-refractivity contribution is -0.137. The summed E-state index contributed by atoms with van der Waals surface area (Å²) in [7, 11) is 0. The van der Waals surface area contributed by atoms with E-state index in [4.69, 9.17) is 9.84 Å². The van der Waals surface area contributed by atoms with Crippen LogP contribution in [0.25, 0.3) is 0 Å². The first-order chi connectivity index (χ1) is 9.58. The molecule has 5 nitrogen and oxygen atoms in total. The predicted molar refractivity (Wildman–Crippen MR) is 76.0 cm³/mol. The Kier molecular flexibility index (Phi) is 6.29. The van der Waals surface area contributed by atoms with Crippen LogP contribution in [-0.2, 0) is 4.79 Å². The van der Waals surface area contributed by atoms with Crippen LogP contribution in [0.15, 0.2) is 36.9 Å². The number of benzene rings is 1. The van der Waals surface area contributed by atoms with Crippen molar-refractivity contribution in [3.63, 3.8) is 0 Å². The van der Waals surface area contributed by atoms with Crippen molar-refractivity contribution in [2.75, 3.05) is 19.7 Å². The molecule has 0 bridgehead atoms. The van der Waals surface area contributed by atoms with Gasteiger partial charge in [-0.15, -0.1) is 0 Å². The van der Waals surface area contributed by atoms with Crippen molar-refractivity contribution in [1.29, 1.82) is 0 Å². The minimum absolute atomic E-state index is 0.287. The second-order valence-electron chi connectivity index (χ2n) is 4.24. The van der Waals surface area contributed by atoms with E-state index in [2.05, 4.69) is 6.58 Å². The number of carboxylic acid groups (broad SMARTS) is 1. The van der Waals surface area contributed by atoms with Gasteiger partial charge in [0.25, 0.3) is 5.91 Å². The van der Waals surface area contributed by atoms with Crippen molar-refractivity contribution in [3.8, 4) is 5.75 Å². The van der Waals surface area contributed by atoms with Crippen molar-refractivity contribution in [1.82, 2.24) is 4.90 Å². The van der Waals surface area contributed by atoms with Gasteiger partial charge in [0.15, 0.2) is 0 Å². The monoisotopic (exact) mass is 277 g/mol. The number of hydrogen-bond donors (Lipinski definition) is 1. The highest BCUT2D eigenvalue weighted by atomic mass is 16.5. The van der Waals surface area contributed by atoms with E-state index >= 15 is 0 Å². The van der Waals surface area contributed by atoms with E-state index in [0.29, 0.717) is 30.9 Å². The molecule has 0 saturated carbocycles. The molecule has 1 rings (SSSR count). The topological polar surface area (TPSA) is 66.8 Å². The van der Waals surface area contributed by atoms with Gasteiger partial charge < -0.3 is 14.7 Å². The van der Waals surface area contributed by atoms with Crippen molar-refractivity contribution >= 4 is 11.9 Å². The number of rotatable bonds is 8. The van der Waals surface area contributed by atoms with Crippen molar-refractivity contribution in [2.24, 2.45) is 0 Å².